The van der Waals surface area contributed by atoms with E-state index >= 15 is 0 Å². The molecule has 2 aromatic rings. The zero-order valence-corrected chi connectivity index (χ0v) is 12.4. The van der Waals surface area contributed by atoms with Gasteiger partial charge < -0.3 is 20.2 Å². The predicted molar refractivity (Wildman–Crippen MR) is 84.8 cm³/mol. The lowest BCUT2D eigenvalue weighted by molar-refractivity contribution is 0.0995. The smallest absolute Gasteiger partial charge is 0.291 e. The van der Waals surface area contributed by atoms with E-state index in [1.54, 1.807) is 36.4 Å². The van der Waals surface area contributed by atoms with Crippen LogP contribution in [0.5, 0.6) is 5.75 Å². The minimum absolute atomic E-state index is 0.158. The largest absolute Gasteiger partial charge is 0.486 e. The van der Waals surface area contributed by atoms with Crippen molar-refractivity contribution < 1.29 is 13.9 Å². The summed E-state index contributed by atoms with van der Waals surface area (Å²) >= 11 is 4.75. The number of carbonyl (C=O) groups is 1. The Kier molecular flexibility index (Phi) is 4.94. The summed E-state index contributed by atoms with van der Waals surface area (Å²) in [6.07, 6.45) is 0.746. The van der Waals surface area contributed by atoms with Gasteiger partial charge in [-0.1, -0.05) is 25.2 Å². The molecule has 0 saturated heterocycles. The lowest BCUT2D eigenvalue weighted by Gasteiger charge is -2.07. The normalized spacial score (nSPS) is 10.1. The monoisotopic (exact) mass is 304 g/mol. The van der Waals surface area contributed by atoms with Crippen molar-refractivity contribution in [3.8, 4) is 5.75 Å². The zero-order chi connectivity index (χ0) is 15.2. The van der Waals surface area contributed by atoms with Crippen LogP contribution in [0.25, 0.3) is 0 Å². The van der Waals surface area contributed by atoms with Crippen LogP contribution < -0.4 is 15.8 Å². The van der Waals surface area contributed by atoms with Gasteiger partial charge >= 0.3 is 0 Å². The van der Waals surface area contributed by atoms with Crippen LogP contribution in [0.3, 0.4) is 0 Å². The van der Waals surface area contributed by atoms with Crippen LogP contribution in [0, 0.1) is 0 Å². The summed E-state index contributed by atoms with van der Waals surface area (Å²) in [4.78, 5) is 12.3. The molecule has 0 fully saturated rings. The number of nitrogens with one attached hydrogen (secondary N) is 1. The summed E-state index contributed by atoms with van der Waals surface area (Å²) in [6, 6.07) is 10.4. The molecule has 3 N–H and O–H groups in total. The molecular weight excluding hydrogens is 288 g/mol. The summed E-state index contributed by atoms with van der Waals surface area (Å²) < 4.78 is 10.8. The van der Waals surface area contributed by atoms with Crippen molar-refractivity contribution in [3.63, 3.8) is 0 Å². The molecule has 21 heavy (non-hydrogen) atoms. The minimum atomic E-state index is -0.304. The van der Waals surface area contributed by atoms with Crippen molar-refractivity contribution in [1.29, 1.82) is 0 Å². The SMILES string of the molecule is CCc1ccc(C(=O)Nc2cccc(OCC(N)=S)c2)o1. The highest BCUT2D eigenvalue weighted by atomic mass is 32.1. The molecule has 0 radical (unpaired) electrons. The molecule has 1 amide bonds. The predicted octanol–water partition coefficient (Wildman–Crippen LogP) is 2.76. The Bertz CT molecular complexity index is 652. The highest BCUT2D eigenvalue weighted by Crippen LogP contribution is 2.18. The topological polar surface area (TPSA) is 77.5 Å². The lowest BCUT2D eigenvalue weighted by Crippen LogP contribution is -2.18. The third-order valence-corrected chi connectivity index (χ3v) is 2.82. The molecule has 110 valence electrons. The molecule has 0 saturated carbocycles. The van der Waals surface area contributed by atoms with Crippen LogP contribution in [-0.2, 0) is 6.42 Å². The van der Waals surface area contributed by atoms with Crippen LogP contribution in [0.2, 0.25) is 0 Å². The molecule has 0 unspecified atom stereocenters. The molecule has 0 aliphatic carbocycles. The number of carbonyl (C=O) groups excluding carboxylic acids is 1. The van der Waals surface area contributed by atoms with E-state index in [1.165, 1.54) is 0 Å². The van der Waals surface area contributed by atoms with Gasteiger partial charge in [-0.15, -0.1) is 0 Å². The molecule has 1 aromatic carbocycles. The summed E-state index contributed by atoms with van der Waals surface area (Å²) in [5.41, 5.74) is 5.98. The van der Waals surface area contributed by atoms with Gasteiger partial charge in [0.05, 0.1) is 0 Å². The van der Waals surface area contributed by atoms with E-state index in [4.69, 9.17) is 27.1 Å². The van der Waals surface area contributed by atoms with Crippen LogP contribution in [0.4, 0.5) is 5.69 Å². The molecule has 0 aliphatic heterocycles. The van der Waals surface area contributed by atoms with E-state index in [9.17, 15) is 4.79 Å². The quantitative estimate of drug-likeness (QED) is 0.802. The molecular formula is C15H16N2O3S. The van der Waals surface area contributed by atoms with E-state index in [1.807, 2.05) is 6.92 Å². The van der Waals surface area contributed by atoms with Crippen LogP contribution in [0.1, 0.15) is 23.2 Å². The average Bonchev–Trinajstić information content (AvgIpc) is 2.94. The zero-order valence-electron chi connectivity index (χ0n) is 11.6. The number of furan rings is 1. The summed E-state index contributed by atoms with van der Waals surface area (Å²) in [5.74, 6) is 1.32. The van der Waals surface area contributed by atoms with Gasteiger partial charge in [-0.2, -0.15) is 0 Å². The Morgan fingerprint density at radius 1 is 1.38 bits per heavy atom. The van der Waals surface area contributed by atoms with Crippen molar-refractivity contribution in [2.75, 3.05) is 11.9 Å². The van der Waals surface area contributed by atoms with Gasteiger partial charge in [-0.25, -0.2) is 0 Å². The average molecular weight is 304 g/mol. The highest BCUT2D eigenvalue weighted by molar-refractivity contribution is 7.80. The minimum Gasteiger partial charge on any atom is -0.486 e. The second-order valence-corrected chi connectivity index (χ2v) is 4.88. The van der Waals surface area contributed by atoms with Crippen LogP contribution >= 0.6 is 12.2 Å². The van der Waals surface area contributed by atoms with Gasteiger partial charge in [0.1, 0.15) is 23.1 Å². The number of amides is 1. The van der Waals surface area contributed by atoms with E-state index in [0.29, 0.717) is 11.4 Å². The number of rotatable bonds is 6. The number of aryl methyl sites for hydroxylation is 1. The fourth-order valence-corrected chi connectivity index (χ4v) is 1.76. The fourth-order valence-electron chi connectivity index (χ4n) is 1.70. The maximum Gasteiger partial charge on any atom is 0.291 e. The maximum atomic E-state index is 12.0. The Labute approximate surface area is 128 Å². The van der Waals surface area contributed by atoms with Crippen molar-refractivity contribution in [2.24, 2.45) is 5.73 Å². The van der Waals surface area contributed by atoms with Gasteiger partial charge in [0.2, 0.25) is 0 Å². The highest BCUT2D eigenvalue weighted by Gasteiger charge is 2.11. The van der Waals surface area contributed by atoms with Gasteiger partial charge in [0.25, 0.3) is 5.91 Å². The third kappa shape index (κ3) is 4.32. The van der Waals surface area contributed by atoms with E-state index in [-0.39, 0.29) is 23.3 Å². The molecule has 2 rings (SSSR count). The Morgan fingerprint density at radius 2 is 2.19 bits per heavy atom. The first-order valence-electron chi connectivity index (χ1n) is 6.49. The van der Waals surface area contributed by atoms with Crippen LogP contribution in [0.15, 0.2) is 40.8 Å². The van der Waals surface area contributed by atoms with Crippen LogP contribution in [-0.4, -0.2) is 17.5 Å². The Balaban J connectivity index is 2.03. The standard InChI is InChI=1S/C15H16N2O3S/c1-2-11-6-7-13(20-11)15(18)17-10-4-3-5-12(8-10)19-9-14(16)21/h3-8H,2,9H2,1H3,(H2,16,21)(H,17,18). The lowest BCUT2D eigenvalue weighted by atomic mass is 10.3. The molecule has 0 atom stereocenters. The number of nitrogens with two attached hydrogens (primary N) is 1. The van der Waals surface area contributed by atoms with E-state index in [0.717, 1.165) is 12.2 Å². The second-order valence-electron chi connectivity index (χ2n) is 4.36. The molecule has 1 heterocycles. The Morgan fingerprint density at radius 3 is 2.86 bits per heavy atom. The van der Waals surface area contributed by atoms with Crippen molar-refractivity contribution in [1.82, 2.24) is 0 Å². The van der Waals surface area contributed by atoms with Gasteiger partial charge in [-0.05, 0) is 24.3 Å². The summed E-state index contributed by atoms with van der Waals surface area (Å²) in [5, 5.41) is 2.75. The number of hydrogen-bond donors (Lipinski definition) is 2. The van der Waals surface area contributed by atoms with Gasteiger partial charge in [0, 0.05) is 18.2 Å². The van der Waals surface area contributed by atoms with Crippen molar-refractivity contribution in [3.05, 3.63) is 47.9 Å². The van der Waals surface area contributed by atoms with Crippen molar-refractivity contribution >= 4 is 28.8 Å². The molecule has 0 bridgehead atoms. The first-order chi connectivity index (χ1) is 10.1. The van der Waals surface area contributed by atoms with E-state index in [2.05, 4.69) is 5.32 Å². The number of ether oxygens (including phenoxy) is 1. The number of anilines is 1. The first kappa shape index (κ1) is 15.1. The Hall–Kier alpha value is -2.34. The molecule has 0 spiro atoms. The number of hydrogen-bond acceptors (Lipinski definition) is 4. The first-order valence-corrected chi connectivity index (χ1v) is 6.90. The molecule has 0 aliphatic rings. The molecule has 6 heteroatoms. The molecule has 1 aromatic heterocycles. The fraction of sp³-hybridized carbons (Fsp3) is 0.200. The molecule has 5 nitrogen and oxygen atoms in total. The number of thiocarbonyl (C=S) groups is 1. The summed E-state index contributed by atoms with van der Waals surface area (Å²) in [7, 11) is 0. The summed E-state index contributed by atoms with van der Waals surface area (Å²) in [6.45, 7) is 2.12. The van der Waals surface area contributed by atoms with Gasteiger partial charge in [0.15, 0.2) is 5.76 Å². The van der Waals surface area contributed by atoms with Gasteiger partial charge in [-0.3, -0.25) is 4.79 Å². The van der Waals surface area contributed by atoms with Crippen molar-refractivity contribution in [2.45, 2.75) is 13.3 Å². The number of benzene rings is 1. The maximum absolute atomic E-state index is 12.0. The van der Waals surface area contributed by atoms with E-state index < -0.39 is 0 Å². The second kappa shape index (κ2) is 6.90. The third-order valence-electron chi connectivity index (χ3n) is 2.71.